The summed E-state index contributed by atoms with van der Waals surface area (Å²) in [6.45, 7) is 7.24. The van der Waals surface area contributed by atoms with Gasteiger partial charge in [0.25, 0.3) is 0 Å². The van der Waals surface area contributed by atoms with Crippen molar-refractivity contribution < 1.29 is 4.79 Å². The third-order valence-corrected chi connectivity index (χ3v) is 3.70. The second-order valence-corrected chi connectivity index (χ2v) is 5.32. The summed E-state index contributed by atoms with van der Waals surface area (Å²) >= 11 is 0. The van der Waals surface area contributed by atoms with Crippen LogP contribution in [0.2, 0.25) is 0 Å². The summed E-state index contributed by atoms with van der Waals surface area (Å²) in [6.07, 6.45) is 2.28. The summed E-state index contributed by atoms with van der Waals surface area (Å²) in [4.78, 5) is 18.7. The number of para-hydroxylation sites is 1. The lowest BCUT2D eigenvalue weighted by molar-refractivity contribution is -0.118. The Labute approximate surface area is 132 Å². The molecule has 2 N–H and O–H groups in total. The summed E-state index contributed by atoms with van der Waals surface area (Å²) < 4.78 is 0. The van der Waals surface area contributed by atoms with E-state index < -0.39 is 0 Å². The Morgan fingerprint density at radius 1 is 1.23 bits per heavy atom. The molecule has 0 bridgehead atoms. The van der Waals surface area contributed by atoms with Crippen LogP contribution in [0.4, 0.5) is 5.69 Å². The van der Waals surface area contributed by atoms with E-state index in [0.717, 1.165) is 44.1 Å². The van der Waals surface area contributed by atoms with Crippen molar-refractivity contribution in [2.75, 3.05) is 31.1 Å². The smallest absolute Gasteiger partial charge is 0.227 e. The maximum atomic E-state index is 12.4. The van der Waals surface area contributed by atoms with E-state index in [1.54, 1.807) is 0 Å². The van der Waals surface area contributed by atoms with Crippen LogP contribution in [-0.4, -0.2) is 38.0 Å². The molecule has 0 saturated carbocycles. The first-order valence-corrected chi connectivity index (χ1v) is 8.16. The summed E-state index contributed by atoms with van der Waals surface area (Å²) in [6, 6.07) is 8.16. The molecule has 1 aliphatic rings. The Balaban J connectivity index is 1.80. The molecular weight excluding hydrogens is 276 g/mol. The first kappa shape index (κ1) is 16.3. The van der Waals surface area contributed by atoms with Gasteiger partial charge in [0, 0.05) is 38.3 Å². The maximum Gasteiger partial charge on any atom is 0.227 e. The second kappa shape index (κ2) is 8.41. The van der Waals surface area contributed by atoms with Gasteiger partial charge < -0.3 is 15.5 Å². The number of anilines is 1. The van der Waals surface area contributed by atoms with Crippen LogP contribution in [0, 0.1) is 0 Å². The monoisotopic (exact) mass is 302 g/mol. The van der Waals surface area contributed by atoms with Gasteiger partial charge in [-0.15, -0.1) is 0 Å². The zero-order chi connectivity index (χ0) is 15.8. The molecule has 1 aromatic rings. The van der Waals surface area contributed by atoms with Crippen LogP contribution in [0.5, 0.6) is 0 Å². The van der Waals surface area contributed by atoms with Gasteiger partial charge in [-0.3, -0.25) is 9.79 Å². The Hall–Kier alpha value is -2.04. The Morgan fingerprint density at radius 2 is 1.95 bits per heavy atom. The Kier molecular flexibility index (Phi) is 6.25. The first-order chi connectivity index (χ1) is 10.8. The lowest BCUT2D eigenvalue weighted by Gasteiger charge is -2.17. The lowest BCUT2D eigenvalue weighted by Crippen LogP contribution is -2.37. The molecule has 0 spiro atoms. The van der Waals surface area contributed by atoms with Crippen LogP contribution in [0.15, 0.2) is 29.3 Å². The number of benzene rings is 1. The number of aliphatic imine (C=N–C) groups is 1. The zero-order valence-corrected chi connectivity index (χ0v) is 13.6. The molecule has 1 amide bonds. The molecule has 0 atom stereocenters. The van der Waals surface area contributed by atoms with E-state index >= 15 is 0 Å². The van der Waals surface area contributed by atoms with Crippen molar-refractivity contribution in [2.24, 2.45) is 4.99 Å². The lowest BCUT2D eigenvalue weighted by atomic mass is 10.2. The number of hydrogen-bond donors (Lipinski definition) is 2. The van der Waals surface area contributed by atoms with Crippen LogP contribution in [0.25, 0.3) is 0 Å². The van der Waals surface area contributed by atoms with Crippen molar-refractivity contribution in [3.05, 3.63) is 29.8 Å². The number of rotatable bonds is 6. The third-order valence-electron chi connectivity index (χ3n) is 3.70. The van der Waals surface area contributed by atoms with Crippen molar-refractivity contribution in [3.8, 4) is 0 Å². The molecule has 1 heterocycles. The van der Waals surface area contributed by atoms with Crippen LogP contribution < -0.4 is 15.5 Å². The average molecular weight is 302 g/mol. The largest absolute Gasteiger partial charge is 0.357 e. The minimum Gasteiger partial charge on any atom is -0.357 e. The standard InChI is InChI=1S/C17H26N4O/c1-3-18-17(19-4-2)20-12-7-10-16(22)21-13-11-14-8-5-6-9-15(14)21/h5-6,8-9H,3-4,7,10-13H2,1-2H3,(H2,18,19,20). The van der Waals surface area contributed by atoms with Crippen LogP contribution in [0.1, 0.15) is 32.3 Å². The summed E-state index contributed by atoms with van der Waals surface area (Å²) in [5.41, 5.74) is 2.35. The fourth-order valence-electron chi connectivity index (χ4n) is 2.66. The van der Waals surface area contributed by atoms with Crippen LogP contribution in [0.3, 0.4) is 0 Å². The molecule has 22 heavy (non-hydrogen) atoms. The first-order valence-electron chi connectivity index (χ1n) is 8.16. The quantitative estimate of drug-likeness (QED) is 0.479. The topological polar surface area (TPSA) is 56.7 Å². The van der Waals surface area contributed by atoms with Gasteiger partial charge in [0.05, 0.1) is 0 Å². The van der Waals surface area contributed by atoms with Crippen molar-refractivity contribution >= 4 is 17.6 Å². The summed E-state index contributed by atoms with van der Waals surface area (Å²) in [5.74, 6) is 1.03. The zero-order valence-electron chi connectivity index (χ0n) is 13.6. The Bertz CT molecular complexity index is 519. The van der Waals surface area contributed by atoms with Crippen LogP contribution >= 0.6 is 0 Å². The number of hydrogen-bond acceptors (Lipinski definition) is 2. The van der Waals surface area contributed by atoms with Crippen molar-refractivity contribution in [2.45, 2.75) is 33.1 Å². The van der Waals surface area contributed by atoms with E-state index in [0.29, 0.717) is 13.0 Å². The van der Waals surface area contributed by atoms with Crippen LogP contribution in [-0.2, 0) is 11.2 Å². The normalized spacial score (nSPS) is 12.7. The number of nitrogens with zero attached hydrogens (tertiary/aromatic N) is 2. The molecule has 5 nitrogen and oxygen atoms in total. The molecule has 0 radical (unpaired) electrons. The highest BCUT2D eigenvalue weighted by atomic mass is 16.2. The molecule has 0 fully saturated rings. The van der Waals surface area contributed by atoms with E-state index in [-0.39, 0.29) is 5.91 Å². The van der Waals surface area contributed by atoms with Gasteiger partial charge in [-0.25, -0.2) is 0 Å². The highest BCUT2D eigenvalue weighted by molar-refractivity contribution is 5.95. The van der Waals surface area contributed by atoms with Crippen molar-refractivity contribution in [3.63, 3.8) is 0 Å². The maximum absolute atomic E-state index is 12.4. The number of guanidine groups is 1. The highest BCUT2D eigenvalue weighted by Gasteiger charge is 2.23. The predicted octanol–water partition coefficient (Wildman–Crippen LogP) is 1.93. The van der Waals surface area contributed by atoms with E-state index in [1.165, 1.54) is 5.56 Å². The molecule has 5 heteroatoms. The fourth-order valence-corrected chi connectivity index (χ4v) is 2.66. The summed E-state index contributed by atoms with van der Waals surface area (Å²) in [5, 5.41) is 6.37. The molecule has 0 aliphatic carbocycles. The number of amides is 1. The van der Waals surface area contributed by atoms with Gasteiger partial charge in [0.2, 0.25) is 5.91 Å². The average Bonchev–Trinajstić information content (AvgIpc) is 2.96. The molecule has 2 rings (SSSR count). The minimum atomic E-state index is 0.202. The number of carbonyl (C=O) groups excluding carboxylic acids is 1. The van der Waals surface area contributed by atoms with E-state index in [4.69, 9.17) is 0 Å². The molecule has 0 saturated heterocycles. The van der Waals surface area contributed by atoms with E-state index in [2.05, 4.69) is 21.7 Å². The fraction of sp³-hybridized carbons (Fsp3) is 0.529. The molecule has 1 aliphatic heterocycles. The van der Waals surface area contributed by atoms with Crippen molar-refractivity contribution in [1.82, 2.24) is 10.6 Å². The third kappa shape index (κ3) is 4.23. The van der Waals surface area contributed by atoms with Gasteiger partial charge in [-0.1, -0.05) is 18.2 Å². The van der Waals surface area contributed by atoms with Gasteiger partial charge >= 0.3 is 0 Å². The predicted molar refractivity (Wildman–Crippen MR) is 91.4 cm³/mol. The molecular formula is C17H26N4O. The summed E-state index contributed by atoms with van der Waals surface area (Å²) in [7, 11) is 0. The van der Waals surface area contributed by atoms with Crippen molar-refractivity contribution in [1.29, 1.82) is 0 Å². The second-order valence-electron chi connectivity index (χ2n) is 5.32. The molecule has 0 aromatic heterocycles. The Morgan fingerprint density at radius 3 is 2.68 bits per heavy atom. The van der Waals surface area contributed by atoms with Gasteiger partial charge in [-0.2, -0.15) is 0 Å². The van der Waals surface area contributed by atoms with Gasteiger partial charge in [0.15, 0.2) is 5.96 Å². The molecule has 120 valence electrons. The van der Waals surface area contributed by atoms with Gasteiger partial charge in [-0.05, 0) is 38.3 Å². The number of nitrogens with one attached hydrogen (secondary N) is 2. The van der Waals surface area contributed by atoms with E-state index in [9.17, 15) is 4.79 Å². The SMILES string of the molecule is CCNC(=NCCCC(=O)N1CCc2ccccc21)NCC. The molecule has 1 aromatic carbocycles. The number of fused-ring (bicyclic) bond motifs is 1. The molecule has 0 unspecified atom stereocenters. The highest BCUT2D eigenvalue weighted by Crippen LogP contribution is 2.27. The van der Waals surface area contributed by atoms with E-state index in [1.807, 2.05) is 36.9 Å². The van der Waals surface area contributed by atoms with Gasteiger partial charge in [0.1, 0.15) is 0 Å². The minimum absolute atomic E-state index is 0.202. The number of carbonyl (C=O) groups is 1.